The fraction of sp³-hybridized carbons (Fsp3) is 0.444. The molecule has 1 fully saturated rings. The van der Waals surface area contributed by atoms with Crippen molar-refractivity contribution in [2.75, 3.05) is 5.32 Å². The maximum atomic E-state index is 12.2. The second kappa shape index (κ2) is 7.55. The van der Waals surface area contributed by atoms with Crippen molar-refractivity contribution in [2.45, 2.75) is 45.3 Å². The first-order valence-electron chi connectivity index (χ1n) is 8.25. The zero-order chi connectivity index (χ0) is 16.9. The minimum Gasteiger partial charge on any atom is -0.435 e. The summed E-state index contributed by atoms with van der Waals surface area (Å²) in [6.45, 7) is -0.529. The highest BCUT2D eigenvalue weighted by molar-refractivity contribution is 5.61. The van der Waals surface area contributed by atoms with E-state index < -0.39 is 6.61 Å². The quantitative estimate of drug-likeness (QED) is 0.859. The van der Waals surface area contributed by atoms with Crippen molar-refractivity contribution >= 4 is 5.95 Å². The summed E-state index contributed by atoms with van der Waals surface area (Å²) in [6, 6.07) is 8.67. The van der Waals surface area contributed by atoms with Gasteiger partial charge in [-0.15, -0.1) is 0 Å². The van der Waals surface area contributed by atoms with E-state index in [1.165, 1.54) is 25.0 Å². The summed E-state index contributed by atoms with van der Waals surface area (Å²) in [5, 5.41) is 3.40. The molecular formula is C18H21F2N3O. The monoisotopic (exact) mass is 333 g/mol. The van der Waals surface area contributed by atoms with Crippen LogP contribution in [0.4, 0.5) is 14.7 Å². The van der Waals surface area contributed by atoms with Gasteiger partial charge in [-0.2, -0.15) is 8.78 Å². The Bertz CT molecular complexity index is 656. The molecule has 1 aliphatic carbocycles. The van der Waals surface area contributed by atoms with E-state index in [2.05, 4.69) is 26.9 Å². The number of benzene rings is 1. The molecule has 1 N–H and O–H groups in total. The highest BCUT2D eigenvalue weighted by atomic mass is 19.3. The Hall–Kier alpha value is -2.24. The summed E-state index contributed by atoms with van der Waals surface area (Å²) in [4.78, 5) is 8.82. The topological polar surface area (TPSA) is 47.0 Å². The summed E-state index contributed by atoms with van der Waals surface area (Å²) in [7, 11) is 0. The van der Waals surface area contributed by atoms with Gasteiger partial charge in [-0.25, -0.2) is 9.97 Å². The Balaban J connectivity index is 1.68. The lowest BCUT2D eigenvalue weighted by Gasteiger charge is -2.26. The van der Waals surface area contributed by atoms with Crippen molar-refractivity contribution in [2.24, 2.45) is 5.92 Å². The van der Waals surface area contributed by atoms with Crippen LogP contribution in [0.1, 0.15) is 32.6 Å². The molecule has 2 aromatic rings. The lowest BCUT2D eigenvalue weighted by molar-refractivity contribution is -0.0498. The Morgan fingerprint density at radius 3 is 2.46 bits per heavy atom. The Kier molecular flexibility index (Phi) is 5.23. The molecule has 24 heavy (non-hydrogen) atoms. The van der Waals surface area contributed by atoms with E-state index in [1.54, 1.807) is 24.4 Å². The summed E-state index contributed by atoms with van der Waals surface area (Å²) < 4.78 is 28.7. The molecule has 4 nitrogen and oxygen atoms in total. The number of anilines is 1. The summed E-state index contributed by atoms with van der Waals surface area (Å²) in [6.07, 6.45) is 6.43. The van der Waals surface area contributed by atoms with Gasteiger partial charge >= 0.3 is 6.61 Å². The maximum Gasteiger partial charge on any atom is 0.387 e. The van der Waals surface area contributed by atoms with E-state index in [4.69, 9.17) is 0 Å². The lowest BCUT2D eigenvalue weighted by atomic mass is 9.87. The van der Waals surface area contributed by atoms with Crippen LogP contribution in [0.25, 0.3) is 11.3 Å². The van der Waals surface area contributed by atoms with Gasteiger partial charge in [0.05, 0.1) is 5.69 Å². The lowest BCUT2D eigenvalue weighted by Crippen LogP contribution is -2.26. The zero-order valence-corrected chi connectivity index (χ0v) is 13.6. The van der Waals surface area contributed by atoms with Crippen molar-refractivity contribution in [3.8, 4) is 17.0 Å². The second-order valence-electron chi connectivity index (χ2n) is 6.27. The molecule has 1 heterocycles. The average molecular weight is 333 g/mol. The molecule has 0 aliphatic heterocycles. The van der Waals surface area contributed by atoms with Gasteiger partial charge in [-0.1, -0.05) is 6.92 Å². The largest absolute Gasteiger partial charge is 0.435 e. The highest BCUT2D eigenvalue weighted by Crippen LogP contribution is 2.26. The van der Waals surface area contributed by atoms with Crippen LogP contribution in [0, 0.1) is 5.92 Å². The van der Waals surface area contributed by atoms with Crippen LogP contribution in [0.15, 0.2) is 36.5 Å². The van der Waals surface area contributed by atoms with Crippen molar-refractivity contribution < 1.29 is 13.5 Å². The van der Waals surface area contributed by atoms with Crippen molar-refractivity contribution in [3.05, 3.63) is 36.5 Å². The molecule has 0 unspecified atom stereocenters. The van der Waals surface area contributed by atoms with Crippen molar-refractivity contribution in [1.29, 1.82) is 0 Å². The van der Waals surface area contributed by atoms with Crippen LogP contribution in [0.2, 0.25) is 0 Å². The molecule has 1 aliphatic rings. The number of hydrogen-bond acceptors (Lipinski definition) is 4. The van der Waals surface area contributed by atoms with Crippen LogP contribution in [-0.2, 0) is 0 Å². The SMILES string of the molecule is CC1CCC(Nc2nccc(-c3ccc(OC(F)F)cc3)n2)CC1. The van der Waals surface area contributed by atoms with Crippen molar-refractivity contribution in [3.63, 3.8) is 0 Å². The van der Waals surface area contributed by atoms with Gasteiger partial charge in [0.1, 0.15) is 5.75 Å². The minimum atomic E-state index is -2.82. The fourth-order valence-corrected chi connectivity index (χ4v) is 2.98. The van der Waals surface area contributed by atoms with Gasteiger partial charge in [-0.05, 0) is 61.9 Å². The number of nitrogens with one attached hydrogen (secondary N) is 1. The number of rotatable bonds is 5. The first kappa shape index (κ1) is 16.6. The molecule has 0 radical (unpaired) electrons. The van der Waals surface area contributed by atoms with E-state index in [-0.39, 0.29) is 5.75 Å². The van der Waals surface area contributed by atoms with Crippen LogP contribution in [0.3, 0.4) is 0 Å². The molecule has 6 heteroatoms. The normalized spacial score (nSPS) is 20.8. The van der Waals surface area contributed by atoms with Crippen LogP contribution >= 0.6 is 0 Å². The first-order valence-corrected chi connectivity index (χ1v) is 8.25. The van der Waals surface area contributed by atoms with Gasteiger partial charge < -0.3 is 10.1 Å². The van der Waals surface area contributed by atoms with Gasteiger partial charge in [0.15, 0.2) is 0 Å². The molecule has 1 saturated carbocycles. The molecule has 0 atom stereocenters. The van der Waals surface area contributed by atoms with Crippen LogP contribution in [0.5, 0.6) is 5.75 Å². The third kappa shape index (κ3) is 4.40. The Labute approximate surface area is 140 Å². The molecule has 3 rings (SSSR count). The van der Waals surface area contributed by atoms with E-state index in [0.29, 0.717) is 12.0 Å². The molecule has 1 aromatic carbocycles. The van der Waals surface area contributed by atoms with E-state index >= 15 is 0 Å². The number of halogens is 2. The van der Waals surface area contributed by atoms with Gasteiger partial charge in [0, 0.05) is 17.8 Å². The Morgan fingerprint density at radius 1 is 1.08 bits per heavy atom. The number of aromatic nitrogens is 2. The number of ether oxygens (including phenoxy) is 1. The zero-order valence-electron chi connectivity index (χ0n) is 13.6. The number of hydrogen-bond donors (Lipinski definition) is 1. The standard InChI is InChI=1S/C18H21F2N3O/c1-12-2-6-14(7-3-12)22-18-21-11-10-16(23-18)13-4-8-15(9-5-13)24-17(19)20/h4-5,8-12,14,17H,2-3,6-7H2,1H3,(H,21,22,23). The average Bonchev–Trinajstić information content (AvgIpc) is 2.57. The van der Waals surface area contributed by atoms with E-state index in [0.717, 1.165) is 30.0 Å². The smallest absolute Gasteiger partial charge is 0.387 e. The third-order valence-electron chi connectivity index (χ3n) is 4.38. The maximum absolute atomic E-state index is 12.2. The summed E-state index contributed by atoms with van der Waals surface area (Å²) >= 11 is 0. The predicted octanol–water partition coefficient (Wildman–Crippen LogP) is 4.74. The third-order valence-corrected chi connectivity index (χ3v) is 4.38. The first-order chi connectivity index (χ1) is 11.6. The number of alkyl halides is 2. The van der Waals surface area contributed by atoms with Gasteiger partial charge in [0.25, 0.3) is 0 Å². The molecule has 0 saturated heterocycles. The van der Waals surface area contributed by atoms with Gasteiger partial charge in [-0.3, -0.25) is 0 Å². The summed E-state index contributed by atoms with van der Waals surface area (Å²) in [5.41, 5.74) is 1.58. The van der Waals surface area contributed by atoms with E-state index in [1.807, 2.05) is 0 Å². The summed E-state index contributed by atoms with van der Waals surface area (Å²) in [5.74, 6) is 1.54. The predicted molar refractivity (Wildman–Crippen MR) is 89.1 cm³/mol. The molecular weight excluding hydrogens is 312 g/mol. The molecule has 0 spiro atoms. The highest BCUT2D eigenvalue weighted by Gasteiger charge is 2.18. The fourth-order valence-electron chi connectivity index (χ4n) is 2.98. The molecule has 1 aromatic heterocycles. The van der Waals surface area contributed by atoms with Crippen LogP contribution in [-0.4, -0.2) is 22.6 Å². The van der Waals surface area contributed by atoms with E-state index in [9.17, 15) is 8.78 Å². The second-order valence-corrected chi connectivity index (χ2v) is 6.27. The molecule has 128 valence electrons. The minimum absolute atomic E-state index is 0.137. The van der Waals surface area contributed by atoms with Crippen molar-refractivity contribution in [1.82, 2.24) is 9.97 Å². The Morgan fingerprint density at radius 2 is 1.79 bits per heavy atom. The molecule has 0 amide bonds. The van der Waals surface area contributed by atoms with Crippen LogP contribution < -0.4 is 10.1 Å². The molecule has 0 bridgehead atoms. The number of nitrogens with zero attached hydrogens (tertiary/aromatic N) is 2. The van der Waals surface area contributed by atoms with Gasteiger partial charge in [0.2, 0.25) is 5.95 Å².